The Morgan fingerprint density at radius 2 is 2.26 bits per heavy atom. The van der Waals surface area contributed by atoms with E-state index >= 15 is 0 Å². The van der Waals surface area contributed by atoms with Crippen molar-refractivity contribution in [3.05, 3.63) is 45.2 Å². The van der Waals surface area contributed by atoms with Crippen LogP contribution in [0.1, 0.15) is 22.7 Å². The highest BCUT2D eigenvalue weighted by Crippen LogP contribution is 2.17. The van der Waals surface area contributed by atoms with Crippen LogP contribution < -0.4 is 5.56 Å². The average Bonchev–Trinajstić information content (AvgIpc) is 2.77. The molecule has 6 nitrogen and oxygen atoms in total. The molecule has 0 amide bonds. The van der Waals surface area contributed by atoms with Gasteiger partial charge in [0.05, 0.1) is 11.4 Å². The van der Waals surface area contributed by atoms with Crippen molar-refractivity contribution in [2.75, 3.05) is 6.54 Å². The number of hydrogen-bond acceptors (Lipinski definition) is 5. The van der Waals surface area contributed by atoms with Gasteiger partial charge in [-0.1, -0.05) is 5.16 Å². The molecule has 0 fully saturated rings. The van der Waals surface area contributed by atoms with E-state index in [0.29, 0.717) is 0 Å². The minimum Gasteiger partial charge on any atom is -0.361 e. The monoisotopic (exact) mass is 260 g/mol. The lowest BCUT2D eigenvalue weighted by Gasteiger charge is -2.27. The molecule has 2 aromatic heterocycles. The van der Waals surface area contributed by atoms with E-state index in [1.807, 2.05) is 13.0 Å². The summed E-state index contributed by atoms with van der Waals surface area (Å²) in [5.74, 6) is 0.822. The standard InChI is InChI=1S/C13H16N4O2/c1-9-5-11(15-19-9)8-17-4-3-12-10(7-17)6-13(18)16(2)14-12/h5-6H,3-4,7-8H2,1-2H3. The van der Waals surface area contributed by atoms with Crippen LogP contribution >= 0.6 is 0 Å². The molecule has 3 heterocycles. The summed E-state index contributed by atoms with van der Waals surface area (Å²) in [4.78, 5) is 13.9. The molecule has 0 atom stereocenters. The number of nitrogens with zero attached hydrogens (tertiary/aromatic N) is 4. The summed E-state index contributed by atoms with van der Waals surface area (Å²) < 4.78 is 6.47. The second-order valence-corrected chi connectivity index (χ2v) is 4.97. The van der Waals surface area contributed by atoms with Crippen molar-refractivity contribution in [3.63, 3.8) is 0 Å². The van der Waals surface area contributed by atoms with E-state index in [0.717, 1.165) is 48.8 Å². The molecule has 0 saturated carbocycles. The summed E-state index contributed by atoms with van der Waals surface area (Å²) in [6, 6.07) is 3.63. The minimum atomic E-state index is -0.0575. The summed E-state index contributed by atoms with van der Waals surface area (Å²) in [5, 5.41) is 8.30. The van der Waals surface area contributed by atoms with E-state index in [1.165, 1.54) is 4.68 Å². The van der Waals surface area contributed by atoms with Gasteiger partial charge in [0.1, 0.15) is 5.76 Å². The summed E-state index contributed by atoms with van der Waals surface area (Å²) in [6.45, 7) is 4.29. The second-order valence-electron chi connectivity index (χ2n) is 4.97. The molecule has 2 aromatic rings. The first kappa shape index (κ1) is 12.1. The summed E-state index contributed by atoms with van der Waals surface area (Å²) in [6.07, 6.45) is 0.861. The lowest BCUT2D eigenvalue weighted by atomic mass is 10.1. The Morgan fingerprint density at radius 3 is 3.00 bits per heavy atom. The van der Waals surface area contributed by atoms with Gasteiger partial charge in [0, 0.05) is 45.2 Å². The Bertz CT molecular complexity index is 659. The summed E-state index contributed by atoms with van der Waals surface area (Å²) in [7, 11) is 1.69. The van der Waals surface area contributed by atoms with Gasteiger partial charge >= 0.3 is 0 Å². The second kappa shape index (κ2) is 4.62. The fourth-order valence-corrected chi connectivity index (χ4v) is 2.41. The predicted molar refractivity (Wildman–Crippen MR) is 68.5 cm³/mol. The molecular weight excluding hydrogens is 244 g/mol. The van der Waals surface area contributed by atoms with E-state index in [4.69, 9.17) is 4.52 Å². The van der Waals surface area contributed by atoms with Crippen LogP contribution in [0.3, 0.4) is 0 Å². The maximum atomic E-state index is 11.6. The zero-order valence-electron chi connectivity index (χ0n) is 11.1. The molecule has 100 valence electrons. The molecule has 0 radical (unpaired) electrons. The Labute approximate surface area is 110 Å². The summed E-state index contributed by atoms with van der Waals surface area (Å²) >= 11 is 0. The quantitative estimate of drug-likeness (QED) is 0.792. The van der Waals surface area contributed by atoms with Crippen molar-refractivity contribution in [2.24, 2.45) is 7.05 Å². The molecule has 1 aliphatic heterocycles. The maximum Gasteiger partial charge on any atom is 0.266 e. The first-order valence-electron chi connectivity index (χ1n) is 6.32. The van der Waals surface area contributed by atoms with Crippen molar-refractivity contribution in [2.45, 2.75) is 26.4 Å². The number of aryl methyl sites for hydroxylation is 2. The highest BCUT2D eigenvalue weighted by molar-refractivity contribution is 5.20. The smallest absolute Gasteiger partial charge is 0.266 e. The first-order valence-corrected chi connectivity index (χ1v) is 6.32. The van der Waals surface area contributed by atoms with Crippen LogP contribution in [0.4, 0.5) is 0 Å². The molecule has 0 saturated heterocycles. The number of hydrogen-bond donors (Lipinski definition) is 0. The Balaban J connectivity index is 1.78. The number of fused-ring (bicyclic) bond motifs is 1. The number of aromatic nitrogens is 3. The lowest BCUT2D eigenvalue weighted by molar-refractivity contribution is 0.233. The van der Waals surface area contributed by atoms with Crippen LogP contribution in [0.5, 0.6) is 0 Å². The normalized spacial score (nSPS) is 15.5. The molecule has 0 bridgehead atoms. The molecule has 1 aliphatic rings. The lowest BCUT2D eigenvalue weighted by Crippen LogP contribution is -2.34. The van der Waals surface area contributed by atoms with Crippen molar-refractivity contribution in [1.29, 1.82) is 0 Å². The predicted octanol–water partition coefficient (Wildman–Crippen LogP) is 0.635. The van der Waals surface area contributed by atoms with Crippen LogP contribution in [0.15, 0.2) is 21.5 Å². The molecule has 19 heavy (non-hydrogen) atoms. The third-order valence-corrected chi connectivity index (χ3v) is 3.38. The highest BCUT2D eigenvalue weighted by atomic mass is 16.5. The fourth-order valence-electron chi connectivity index (χ4n) is 2.41. The topological polar surface area (TPSA) is 64.2 Å². The van der Waals surface area contributed by atoms with Crippen LogP contribution in [-0.2, 0) is 26.6 Å². The third kappa shape index (κ3) is 2.44. The van der Waals surface area contributed by atoms with Gasteiger partial charge in [-0.25, -0.2) is 4.68 Å². The van der Waals surface area contributed by atoms with Gasteiger partial charge in [-0.3, -0.25) is 9.69 Å². The van der Waals surface area contributed by atoms with Gasteiger partial charge in [-0.2, -0.15) is 5.10 Å². The van der Waals surface area contributed by atoms with Gasteiger partial charge in [0.15, 0.2) is 0 Å². The zero-order valence-corrected chi connectivity index (χ0v) is 11.1. The van der Waals surface area contributed by atoms with Gasteiger partial charge < -0.3 is 4.52 Å². The maximum absolute atomic E-state index is 11.6. The Kier molecular flexibility index (Phi) is 2.94. The Hall–Kier alpha value is -1.95. The van der Waals surface area contributed by atoms with Crippen molar-refractivity contribution in [1.82, 2.24) is 19.8 Å². The SMILES string of the molecule is Cc1cc(CN2CCc3nn(C)c(=O)cc3C2)no1. The molecule has 6 heteroatoms. The van der Waals surface area contributed by atoms with Gasteiger partial charge in [0.25, 0.3) is 5.56 Å². The molecule has 0 aromatic carbocycles. The van der Waals surface area contributed by atoms with Crippen molar-refractivity contribution >= 4 is 0 Å². The number of rotatable bonds is 2. The highest BCUT2D eigenvalue weighted by Gasteiger charge is 2.19. The van der Waals surface area contributed by atoms with Crippen LogP contribution in [-0.4, -0.2) is 26.4 Å². The van der Waals surface area contributed by atoms with Crippen molar-refractivity contribution < 1.29 is 4.52 Å². The van der Waals surface area contributed by atoms with E-state index < -0.39 is 0 Å². The zero-order chi connectivity index (χ0) is 13.4. The van der Waals surface area contributed by atoms with Gasteiger partial charge in [-0.15, -0.1) is 0 Å². The minimum absolute atomic E-state index is 0.0575. The molecule has 0 spiro atoms. The third-order valence-electron chi connectivity index (χ3n) is 3.38. The van der Waals surface area contributed by atoms with Gasteiger partial charge in [0.2, 0.25) is 0 Å². The van der Waals surface area contributed by atoms with Crippen molar-refractivity contribution in [3.8, 4) is 0 Å². The van der Waals surface area contributed by atoms with Crippen LogP contribution in [0.2, 0.25) is 0 Å². The molecule has 0 unspecified atom stereocenters. The summed E-state index contributed by atoms with van der Waals surface area (Å²) in [5.41, 5.74) is 2.92. The van der Waals surface area contributed by atoms with E-state index in [2.05, 4.69) is 15.2 Å². The molecule has 3 rings (SSSR count). The van der Waals surface area contributed by atoms with E-state index in [-0.39, 0.29) is 5.56 Å². The van der Waals surface area contributed by atoms with E-state index in [9.17, 15) is 4.79 Å². The largest absolute Gasteiger partial charge is 0.361 e. The van der Waals surface area contributed by atoms with Crippen LogP contribution in [0, 0.1) is 6.92 Å². The van der Waals surface area contributed by atoms with E-state index in [1.54, 1.807) is 13.1 Å². The fraction of sp³-hybridized carbons (Fsp3) is 0.462. The first-order chi connectivity index (χ1) is 9.11. The molecule has 0 N–H and O–H groups in total. The Morgan fingerprint density at radius 1 is 1.42 bits per heavy atom. The van der Waals surface area contributed by atoms with Gasteiger partial charge in [-0.05, 0) is 12.5 Å². The average molecular weight is 260 g/mol. The van der Waals surface area contributed by atoms with Crippen LogP contribution in [0.25, 0.3) is 0 Å². The molecular formula is C13H16N4O2. The molecule has 0 aliphatic carbocycles.